The van der Waals surface area contributed by atoms with E-state index < -0.39 is 21.5 Å². The van der Waals surface area contributed by atoms with E-state index in [-0.39, 0.29) is 15.5 Å². The zero-order valence-corrected chi connectivity index (χ0v) is 20.0. The lowest BCUT2D eigenvalue weighted by molar-refractivity contribution is 0.0855. The second-order valence-electron chi connectivity index (χ2n) is 8.19. The van der Waals surface area contributed by atoms with Crippen molar-refractivity contribution in [3.05, 3.63) is 70.8 Å². The highest BCUT2D eigenvalue weighted by molar-refractivity contribution is 7.93. The fourth-order valence-electron chi connectivity index (χ4n) is 4.11. The van der Waals surface area contributed by atoms with Gasteiger partial charge in [0.15, 0.2) is 5.82 Å². The fraction of sp³-hybridized carbons (Fsp3) is 0.348. The molecule has 1 aliphatic rings. The van der Waals surface area contributed by atoms with Crippen molar-refractivity contribution < 1.29 is 17.7 Å². The Bertz CT molecular complexity index is 1250. The fourth-order valence-corrected chi connectivity index (χ4v) is 5.80. The number of halogens is 1. The Hall–Kier alpha value is -2.91. The van der Waals surface area contributed by atoms with Crippen LogP contribution in [0.5, 0.6) is 0 Å². The molecule has 1 amide bonds. The molecule has 1 saturated carbocycles. The summed E-state index contributed by atoms with van der Waals surface area (Å²) in [5.41, 5.74) is -0.0891. The molecule has 3 aromatic rings. The number of hydrogen-bond donors (Lipinski definition) is 1. The van der Waals surface area contributed by atoms with E-state index in [2.05, 4.69) is 15.5 Å². The zero-order valence-electron chi connectivity index (χ0n) is 18.4. The van der Waals surface area contributed by atoms with Gasteiger partial charge >= 0.3 is 0 Å². The molecule has 10 heteroatoms. The second-order valence-corrected chi connectivity index (χ2v) is 10.5. The Morgan fingerprint density at radius 2 is 1.82 bits per heavy atom. The number of aryl methyl sites for hydroxylation is 1. The second kappa shape index (κ2) is 9.15. The number of carbonyl (C=O) groups excluding carboxylic acids is 1. The lowest BCUT2D eigenvalue weighted by atomic mass is 9.80. The van der Waals surface area contributed by atoms with Gasteiger partial charge in [-0.25, -0.2) is 8.42 Å². The van der Waals surface area contributed by atoms with Gasteiger partial charge in [0.2, 0.25) is 5.89 Å². The van der Waals surface area contributed by atoms with E-state index >= 15 is 0 Å². The molecule has 0 unspecified atom stereocenters. The number of nitrogens with zero attached hydrogens (tertiary/aromatic N) is 3. The molecule has 2 aromatic carbocycles. The first-order chi connectivity index (χ1) is 15.7. The topological polar surface area (TPSA) is 105 Å². The normalized spacial score (nSPS) is 15.7. The Kier molecular flexibility index (Phi) is 6.45. The minimum atomic E-state index is -3.99. The molecular formula is C23H25ClN4O4S. The van der Waals surface area contributed by atoms with Crippen molar-refractivity contribution in [3.8, 4) is 0 Å². The van der Waals surface area contributed by atoms with E-state index in [9.17, 15) is 13.2 Å². The van der Waals surface area contributed by atoms with Crippen LogP contribution in [0.25, 0.3) is 0 Å². The Balaban J connectivity index is 1.66. The summed E-state index contributed by atoms with van der Waals surface area (Å²) < 4.78 is 32.9. The molecule has 0 aliphatic heterocycles. The van der Waals surface area contributed by atoms with E-state index in [0.717, 1.165) is 23.6 Å². The number of sulfonamides is 1. The van der Waals surface area contributed by atoms with Gasteiger partial charge in [0, 0.05) is 19.5 Å². The highest BCUT2D eigenvalue weighted by Gasteiger charge is 2.40. The standard InChI is InChI=1S/C23H25ClN4O4S/c1-16-25-22(27-32-16)23(13-7-4-8-14-23)26-21(29)17-11-12-19(24)20(15-17)33(30,31)28(2)18-9-5-3-6-10-18/h3,5-6,9-12,15H,4,7-8,13-14H2,1-2H3,(H,26,29). The molecule has 0 radical (unpaired) electrons. The van der Waals surface area contributed by atoms with Gasteiger partial charge in [0.25, 0.3) is 15.9 Å². The lowest BCUT2D eigenvalue weighted by Gasteiger charge is -2.35. The van der Waals surface area contributed by atoms with Crippen molar-refractivity contribution >= 4 is 33.2 Å². The van der Waals surface area contributed by atoms with Crippen LogP contribution < -0.4 is 9.62 Å². The van der Waals surface area contributed by atoms with Crippen LogP contribution in [-0.2, 0) is 15.6 Å². The number of aromatic nitrogens is 2. The smallest absolute Gasteiger partial charge is 0.265 e. The van der Waals surface area contributed by atoms with Crippen molar-refractivity contribution in [1.29, 1.82) is 0 Å². The van der Waals surface area contributed by atoms with Crippen molar-refractivity contribution in [3.63, 3.8) is 0 Å². The molecule has 0 bridgehead atoms. The predicted octanol–water partition coefficient (Wildman–Crippen LogP) is 4.45. The zero-order chi connectivity index (χ0) is 23.6. The van der Waals surface area contributed by atoms with Crippen LogP contribution in [0.3, 0.4) is 0 Å². The van der Waals surface area contributed by atoms with E-state index in [1.54, 1.807) is 37.3 Å². The van der Waals surface area contributed by atoms with Crippen LogP contribution in [0, 0.1) is 6.92 Å². The molecule has 8 nitrogen and oxygen atoms in total. The van der Waals surface area contributed by atoms with Crippen LogP contribution >= 0.6 is 11.6 Å². The van der Waals surface area contributed by atoms with Gasteiger partial charge in [-0.05, 0) is 43.2 Å². The average Bonchev–Trinajstić information content (AvgIpc) is 3.27. The third-order valence-electron chi connectivity index (χ3n) is 5.97. The van der Waals surface area contributed by atoms with Crippen LogP contribution in [0.15, 0.2) is 57.9 Å². The van der Waals surface area contributed by atoms with Crippen LogP contribution in [-0.4, -0.2) is 31.5 Å². The molecule has 0 atom stereocenters. The minimum Gasteiger partial charge on any atom is -0.340 e. The molecule has 1 fully saturated rings. The largest absolute Gasteiger partial charge is 0.340 e. The molecule has 0 spiro atoms. The lowest BCUT2D eigenvalue weighted by Crippen LogP contribution is -2.48. The maximum absolute atomic E-state index is 13.3. The first-order valence-corrected chi connectivity index (χ1v) is 12.5. The third kappa shape index (κ3) is 4.60. The molecule has 1 N–H and O–H groups in total. The van der Waals surface area contributed by atoms with Gasteiger partial charge in [-0.2, -0.15) is 4.98 Å². The summed E-state index contributed by atoms with van der Waals surface area (Å²) in [6.45, 7) is 1.70. The van der Waals surface area contributed by atoms with Gasteiger partial charge < -0.3 is 9.84 Å². The summed E-state index contributed by atoms with van der Waals surface area (Å²) in [5.74, 6) is 0.446. The molecule has 1 aliphatic carbocycles. The Morgan fingerprint density at radius 1 is 1.12 bits per heavy atom. The van der Waals surface area contributed by atoms with Crippen molar-refractivity contribution in [2.45, 2.75) is 49.5 Å². The molecule has 174 valence electrons. The van der Waals surface area contributed by atoms with Crippen LogP contribution in [0.4, 0.5) is 5.69 Å². The van der Waals surface area contributed by atoms with Gasteiger partial charge in [0.1, 0.15) is 10.4 Å². The number of rotatable bonds is 6. The monoisotopic (exact) mass is 488 g/mol. The van der Waals surface area contributed by atoms with Crippen molar-refractivity contribution in [1.82, 2.24) is 15.5 Å². The van der Waals surface area contributed by atoms with Gasteiger partial charge in [0.05, 0.1) is 10.7 Å². The Morgan fingerprint density at radius 3 is 2.45 bits per heavy atom. The van der Waals surface area contributed by atoms with E-state index in [1.807, 2.05) is 0 Å². The quantitative estimate of drug-likeness (QED) is 0.549. The molecule has 33 heavy (non-hydrogen) atoms. The highest BCUT2D eigenvalue weighted by atomic mass is 35.5. The summed E-state index contributed by atoms with van der Waals surface area (Å²) in [6, 6.07) is 12.9. The van der Waals surface area contributed by atoms with Gasteiger partial charge in [-0.15, -0.1) is 0 Å². The van der Waals surface area contributed by atoms with Crippen molar-refractivity contribution in [2.24, 2.45) is 0 Å². The number of hydrogen-bond acceptors (Lipinski definition) is 6. The number of nitrogens with one attached hydrogen (secondary N) is 1. The summed E-state index contributed by atoms with van der Waals surface area (Å²) in [4.78, 5) is 17.5. The summed E-state index contributed by atoms with van der Waals surface area (Å²) in [7, 11) is -2.55. The highest BCUT2D eigenvalue weighted by Crippen LogP contribution is 2.36. The summed E-state index contributed by atoms with van der Waals surface area (Å²) in [5, 5.41) is 7.16. The van der Waals surface area contributed by atoms with Crippen LogP contribution in [0.2, 0.25) is 5.02 Å². The van der Waals surface area contributed by atoms with E-state index in [4.69, 9.17) is 16.1 Å². The first kappa shape index (κ1) is 23.3. The molecular weight excluding hydrogens is 464 g/mol. The summed E-state index contributed by atoms with van der Waals surface area (Å²) >= 11 is 6.26. The first-order valence-electron chi connectivity index (χ1n) is 10.7. The molecule has 4 rings (SSSR count). The molecule has 0 saturated heterocycles. The predicted molar refractivity (Wildman–Crippen MR) is 125 cm³/mol. The van der Waals surface area contributed by atoms with Gasteiger partial charge in [-0.3, -0.25) is 9.10 Å². The minimum absolute atomic E-state index is 0.0375. The molecule has 1 aromatic heterocycles. The third-order valence-corrected chi connectivity index (χ3v) is 8.23. The van der Waals surface area contributed by atoms with Crippen molar-refractivity contribution in [2.75, 3.05) is 11.4 Å². The molecule has 1 heterocycles. The SMILES string of the molecule is Cc1nc(C2(NC(=O)c3ccc(Cl)c(S(=O)(=O)N(C)c4ccccc4)c3)CCCCC2)no1. The van der Waals surface area contributed by atoms with Crippen LogP contribution in [0.1, 0.15) is 54.2 Å². The average molecular weight is 489 g/mol. The van der Waals surface area contributed by atoms with Gasteiger partial charge in [-0.1, -0.05) is 54.2 Å². The van der Waals surface area contributed by atoms with E-state index in [1.165, 1.54) is 25.2 Å². The number of amides is 1. The number of para-hydroxylation sites is 1. The number of anilines is 1. The maximum Gasteiger partial charge on any atom is 0.265 e. The maximum atomic E-state index is 13.3. The number of carbonyl (C=O) groups is 1. The number of benzene rings is 2. The Labute approximate surface area is 198 Å². The van der Waals surface area contributed by atoms with E-state index in [0.29, 0.717) is 30.2 Å². The summed E-state index contributed by atoms with van der Waals surface area (Å²) in [6.07, 6.45) is 4.23.